The highest BCUT2D eigenvalue weighted by atomic mass is 19.1. The molecule has 2 aromatic carbocycles. The fourth-order valence-electron chi connectivity index (χ4n) is 1.98. The Balaban J connectivity index is 1.72. The molecule has 2 N–H and O–H groups in total. The molecule has 0 atom stereocenters. The highest BCUT2D eigenvalue weighted by Gasteiger charge is 2.08. The Hall–Kier alpha value is -2.76. The summed E-state index contributed by atoms with van der Waals surface area (Å²) in [5.74, 6) is -2.00. The third kappa shape index (κ3) is 5.18. The van der Waals surface area contributed by atoms with Crippen molar-refractivity contribution in [1.29, 1.82) is 0 Å². The highest BCUT2D eigenvalue weighted by Crippen LogP contribution is 2.09. The molecule has 6 heteroatoms. The average Bonchev–Trinajstić information content (AvgIpc) is 2.55. The zero-order chi connectivity index (χ0) is 16.7. The summed E-state index contributed by atoms with van der Waals surface area (Å²) in [4.78, 5) is 23.4. The van der Waals surface area contributed by atoms with E-state index < -0.39 is 11.6 Å². The Bertz CT molecular complexity index is 690. The lowest BCUT2D eigenvalue weighted by molar-refractivity contribution is -0.120. The number of halogens is 2. The molecule has 0 fully saturated rings. The van der Waals surface area contributed by atoms with Gasteiger partial charge in [0.05, 0.1) is 6.54 Å². The van der Waals surface area contributed by atoms with E-state index in [9.17, 15) is 18.4 Å². The molecule has 120 valence electrons. The maximum atomic E-state index is 13.4. The SMILES string of the molecule is O=C(CNC(=O)c1ccccc1)NCCc1ccc(F)cc1F. The lowest BCUT2D eigenvalue weighted by atomic mass is 10.1. The van der Waals surface area contributed by atoms with Crippen LogP contribution in [0, 0.1) is 11.6 Å². The molecule has 0 saturated heterocycles. The van der Waals surface area contributed by atoms with Gasteiger partial charge in [-0.3, -0.25) is 9.59 Å². The minimum Gasteiger partial charge on any atom is -0.354 e. The summed E-state index contributed by atoms with van der Waals surface area (Å²) in [5.41, 5.74) is 0.786. The maximum absolute atomic E-state index is 13.4. The number of amides is 2. The lowest BCUT2D eigenvalue weighted by Gasteiger charge is -2.08. The number of rotatable bonds is 6. The Labute approximate surface area is 132 Å². The van der Waals surface area contributed by atoms with Gasteiger partial charge < -0.3 is 10.6 Å². The maximum Gasteiger partial charge on any atom is 0.251 e. The van der Waals surface area contributed by atoms with E-state index in [1.807, 2.05) is 0 Å². The molecule has 0 aliphatic heterocycles. The summed E-state index contributed by atoms with van der Waals surface area (Å²) in [6.07, 6.45) is 0.241. The van der Waals surface area contributed by atoms with Crippen LogP contribution in [0.15, 0.2) is 48.5 Å². The monoisotopic (exact) mass is 318 g/mol. The van der Waals surface area contributed by atoms with Crippen molar-refractivity contribution in [1.82, 2.24) is 10.6 Å². The second-order valence-corrected chi connectivity index (χ2v) is 4.88. The number of hydrogen-bond donors (Lipinski definition) is 2. The Morgan fingerprint density at radius 2 is 1.70 bits per heavy atom. The topological polar surface area (TPSA) is 58.2 Å². The number of benzene rings is 2. The van der Waals surface area contributed by atoms with Crippen molar-refractivity contribution in [3.63, 3.8) is 0 Å². The van der Waals surface area contributed by atoms with Gasteiger partial charge in [0.25, 0.3) is 5.91 Å². The smallest absolute Gasteiger partial charge is 0.251 e. The van der Waals surface area contributed by atoms with Gasteiger partial charge in [0.15, 0.2) is 0 Å². The zero-order valence-corrected chi connectivity index (χ0v) is 12.3. The van der Waals surface area contributed by atoms with Gasteiger partial charge in [-0.2, -0.15) is 0 Å². The number of carbonyl (C=O) groups is 2. The van der Waals surface area contributed by atoms with Crippen LogP contribution in [0.3, 0.4) is 0 Å². The molecule has 0 saturated carbocycles. The molecule has 0 aliphatic carbocycles. The molecule has 0 unspecified atom stereocenters. The van der Waals surface area contributed by atoms with Gasteiger partial charge in [-0.15, -0.1) is 0 Å². The molecule has 4 nitrogen and oxygen atoms in total. The number of nitrogens with one attached hydrogen (secondary N) is 2. The first-order valence-corrected chi connectivity index (χ1v) is 7.10. The predicted octanol–water partition coefficient (Wildman–Crippen LogP) is 2.05. The first-order valence-electron chi connectivity index (χ1n) is 7.10. The van der Waals surface area contributed by atoms with Crippen LogP contribution in [0.25, 0.3) is 0 Å². The molecular weight excluding hydrogens is 302 g/mol. The van der Waals surface area contributed by atoms with Gasteiger partial charge in [-0.05, 0) is 30.2 Å². The summed E-state index contributed by atoms with van der Waals surface area (Å²) >= 11 is 0. The lowest BCUT2D eigenvalue weighted by Crippen LogP contribution is -2.37. The van der Waals surface area contributed by atoms with E-state index in [1.54, 1.807) is 30.3 Å². The zero-order valence-electron chi connectivity index (χ0n) is 12.3. The summed E-state index contributed by atoms with van der Waals surface area (Å²) in [6, 6.07) is 11.8. The van der Waals surface area contributed by atoms with Crippen LogP contribution < -0.4 is 10.6 Å². The predicted molar refractivity (Wildman–Crippen MR) is 81.8 cm³/mol. The Morgan fingerprint density at radius 1 is 0.957 bits per heavy atom. The van der Waals surface area contributed by atoms with E-state index in [0.717, 1.165) is 6.07 Å². The van der Waals surface area contributed by atoms with Crippen molar-refractivity contribution in [2.75, 3.05) is 13.1 Å². The van der Waals surface area contributed by atoms with E-state index in [2.05, 4.69) is 10.6 Å². The molecule has 0 aromatic heterocycles. The molecular formula is C17H16F2N2O2. The highest BCUT2D eigenvalue weighted by molar-refractivity contribution is 5.96. The average molecular weight is 318 g/mol. The second-order valence-electron chi connectivity index (χ2n) is 4.88. The minimum absolute atomic E-state index is 0.167. The van der Waals surface area contributed by atoms with Crippen molar-refractivity contribution < 1.29 is 18.4 Å². The Kier molecular flexibility index (Phi) is 5.80. The van der Waals surface area contributed by atoms with Crippen LogP contribution in [0.4, 0.5) is 8.78 Å². The molecule has 0 heterocycles. The van der Waals surface area contributed by atoms with E-state index in [0.29, 0.717) is 11.1 Å². The van der Waals surface area contributed by atoms with Crippen LogP contribution in [-0.4, -0.2) is 24.9 Å². The number of carbonyl (C=O) groups excluding carboxylic acids is 2. The van der Waals surface area contributed by atoms with Gasteiger partial charge in [0.2, 0.25) is 5.91 Å². The molecule has 0 bridgehead atoms. The number of hydrogen-bond acceptors (Lipinski definition) is 2. The Morgan fingerprint density at radius 3 is 2.39 bits per heavy atom. The normalized spacial score (nSPS) is 10.2. The molecule has 2 rings (SSSR count). The van der Waals surface area contributed by atoms with Gasteiger partial charge >= 0.3 is 0 Å². The van der Waals surface area contributed by atoms with Crippen molar-refractivity contribution in [3.8, 4) is 0 Å². The van der Waals surface area contributed by atoms with Crippen LogP contribution in [0.1, 0.15) is 15.9 Å². The summed E-state index contributed by atoms with van der Waals surface area (Å²) in [6.45, 7) is 0.0300. The summed E-state index contributed by atoms with van der Waals surface area (Å²) in [7, 11) is 0. The summed E-state index contributed by atoms with van der Waals surface area (Å²) in [5, 5.41) is 5.06. The molecule has 2 aromatic rings. The van der Waals surface area contributed by atoms with Crippen molar-refractivity contribution in [3.05, 3.63) is 71.3 Å². The van der Waals surface area contributed by atoms with Crippen LogP contribution in [0.2, 0.25) is 0 Å². The van der Waals surface area contributed by atoms with E-state index in [4.69, 9.17) is 0 Å². The van der Waals surface area contributed by atoms with Gasteiger partial charge in [0.1, 0.15) is 11.6 Å². The van der Waals surface area contributed by atoms with E-state index >= 15 is 0 Å². The van der Waals surface area contributed by atoms with Gasteiger partial charge in [0, 0.05) is 18.2 Å². The van der Waals surface area contributed by atoms with Crippen molar-refractivity contribution in [2.24, 2.45) is 0 Å². The van der Waals surface area contributed by atoms with Crippen molar-refractivity contribution in [2.45, 2.75) is 6.42 Å². The second kappa shape index (κ2) is 8.03. The van der Waals surface area contributed by atoms with Crippen LogP contribution in [0.5, 0.6) is 0 Å². The first-order chi connectivity index (χ1) is 11.1. The van der Waals surface area contributed by atoms with Gasteiger partial charge in [-0.1, -0.05) is 24.3 Å². The molecule has 0 aliphatic rings. The fraction of sp³-hybridized carbons (Fsp3) is 0.176. The third-order valence-corrected chi connectivity index (χ3v) is 3.18. The first kappa shape index (κ1) is 16.6. The van der Waals surface area contributed by atoms with Crippen molar-refractivity contribution >= 4 is 11.8 Å². The minimum atomic E-state index is -0.642. The molecule has 2 amide bonds. The fourth-order valence-corrected chi connectivity index (χ4v) is 1.98. The molecule has 23 heavy (non-hydrogen) atoms. The molecule has 0 spiro atoms. The van der Waals surface area contributed by atoms with Gasteiger partial charge in [-0.25, -0.2) is 8.78 Å². The van der Waals surface area contributed by atoms with E-state index in [-0.39, 0.29) is 31.3 Å². The third-order valence-electron chi connectivity index (χ3n) is 3.18. The van der Waals surface area contributed by atoms with Crippen LogP contribution in [-0.2, 0) is 11.2 Å². The quantitative estimate of drug-likeness (QED) is 0.856. The van der Waals surface area contributed by atoms with E-state index in [1.165, 1.54) is 12.1 Å². The largest absolute Gasteiger partial charge is 0.354 e. The standard InChI is InChI=1S/C17H16F2N2O2/c18-14-7-6-12(15(19)10-14)8-9-20-16(22)11-21-17(23)13-4-2-1-3-5-13/h1-7,10H,8-9,11H2,(H,20,22)(H,21,23). The summed E-state index contributed by atoms with van der Waals surface area (Å²) < 4.78 is 26.2. The van der Waals surface area contributed by atoms with Crippen LogP contribution >= 0.6 is 0 Å². The molecule has 0 radical (unpaired) electrons.